The third-order valence-corrected chi connectivity index (χ3v) is 4.38. The number of amides is 1. The Morgan fingerprint density at radius 1 is 1.10 bits per heavy atom. The highest BCUT2D eigenvalue weighted by molar-refractivity contribution is 5.95. The highest BCUT2D eigenvalue weighted by Crippen LogP contribution is 2.23. The molecule has 3 rings (SSSR count). The summed E-state index contributed by atoms with van der Waals surface area (Å²) >= 11 is 0. The molecule has 1 amide bonds. The lowest BCUT2D eigenvalue weighted by atomic mass is 10.2. The third-order valence-electron chi connectivity index (χ3n) is 4.38. The zero-order valence-electron chi connectivity index (χ0n) is 15.6. The first-order valence-corrected chi connectivity index (χ1v) is 9.08. The quantitative estimate of drug-likeness (QED) is 0.570. The second-order valence-corrected chi connectivity index (χ2v) is 6.56. The monoisotopic (exact) mass is 406 g/mol. The highest BCUT2D eigenvalue weighted by Gasteiger charge is 2.30. The Bertz CT molecular complexity index is 865. The summed E-state index contributed by atoms with van der Waals surface area (Å²) < 4.78 is 40.3. The summed E-state index contributed by atoms with van der Waals surface area (Å²) in [6.45, 7) is 1.43. The predicted molar refractivity (Wildman–Crippen MR) is 103 cm³/mol. The molecule has 2 aromatic carbocycles. The number of nitrogens with zero attached hydrogens (tertiary/aromatic N) is 2. The molecule has 29 heavy (non-hydrogen) atoms. The molecule has 1 saturated heterocycles. The summed E-state index contributed by atoms with van der Waals surface area (Å²) in [6, 6.07) is 13.1. The van der Waals surface area contributed by atoms with Crippen LogP contribution in [0.1, 0.15) is 24.0 Å². The van der Waals surface area contributed by atoms with E-state index < -0.39 is 6.36 Å². The fourth-order valence-corrected chi connectivity index (χ4v) is 2.94. The molecular weight excluding hydrogens is 385 g/mol. The van der Waals surface area contributed by atoms with Crippen LogP contribution >= 0.6 is 0 Å². The molecule has 9 heteroatoms. The summed E-state index contributed by atoms with van der Waals surface area (Å²) in [5.41, 5.74) is 8.40. The summed E-state index contributed by atoms with van der Waals surface area (Å²) in [6.07, 6.45) is -3.24. The molecule has 0 aromatic heterocycles. The summed E-state index contributed by atoms with van der Waals surface area (Å²) in [5, 5.41) is 2.98. The molecule has 0 unspecified atom stereocenters. The summed E-state index contributed by atoms with van der Waals surface area (Å²) in [4.78, 5) is 17.7. The normalized spacial score (nSPS) is 14.9. The molecule has 0 radical (unpaired) electrons. The minimum absolute atomic E-state index is 0.144. The van der Waals surface area contributed by atoms with E-state index in [1.807, 2.05) is 24.3 Å². The number of hydrogen-bond donors (Lipinski definition) is 2. The van der Waals surface area contributed by atoms with Crippen LogP contribution in [0, 0.1) is 0 Å². The van der Waals surface area contributed by atoms with E-state index in [9.17, 15) is 18.0 Å². The first kappa shape index (κ1) is 20.5. The Morgan fingerprint density at radius 2 is 1.76 bits per heavy atom. The standard InChI is InChI=1S/C20H21F3N4O2/c21-20(22,23)29-17-9-5-15(6-10-17)13-26-19(24)25-12-14-3-7-16(8-4-14)27-11-1-2-18(27)28/h3-10H,1-2,11-13H2,(H3,24,25,26). The molecule has 1 aliphatic rings. The number of benzene rings is 2. The molecule has 0 bridgehead atoms. The lowest BCUT2D eigenvalue weighted by molar-refractivity contribution is -0.274. The van der Waals surface area contributed by atoms with Crippen LogP contribution in [-0.4, -0.2) is 24.8 Å². The van der Waals surface area contributed by atoms with E-state index in [0.717, 1.165) is 24.2 Å². The zero-order chi connectivity index (χ0) is 20.9. The van der Waals surface area contributed by atoms with Crippen LogP contribution in [0.5, 0.6) is 5.75 Å². The van der Waals surface area contributed by atoms with Crippen LogP contribution < -0.4 is 20.7 Å². The van der Waals surface area contributed by atoms with Crippen LogP contribution in [0.3, 0.4) is 0 Å². The van der Waals surface area contributed by atoms with Gasteiger partial charge in [-0.25, -0.2) is 4.99 Å². The topological polar surface area (TPSA) is 80.0 Å². The maximum absolute atomic E-state index is 12.2. The summed E-state index contributed by atoms with van der Waals surface area (Å²) in [7, 11) is 0. The number of anilines is 1. The van der Waals surface area contributed by atoms with Crippen molar-refractivity contribution in [1.29, 1.82) is 0 Å². The van der Waals surface area contributed by atoms with Gasteiger partial charge in [-0.3, -0.25) is 4.79 Å². The number of ether oxygens (including phenoxy) is 1. The van der Waals surface area contributed by atoms with Crippen LogP contribution in [0.15, 0.2) is 53.5 Å². The molecule has 0 saturated carbocycles. The van der Waals surface area contributed by atoms with Crippen molar-refractivity contribution in [1.82, 2.24) is 5.32 Å². The number of nitrogens with one attached hydrogen (secondary N) is 1. The second kappa shape index (κ2) is 8.85. The molecule has 6 nitrogen and oxygen atoms in total. The Labute approximate surface area is 166 Å². The number of aliphatic imine (C=N–C) groups is 1. The Kier molecular flexibility index (Phi) is 6.26. The van der Waals surface area contributed by atoms with Gasteiger partial charge in [-0.15, -0.1) is 13.2 Å². The number of guanidine groups is 1. The number of halogens is 3. The number of nitrogens with two attached hydrogens (primary N) is 1. The molecule has 3 N–H and O–H groups in total. The molecule has 154 valence electrons. The van der Waals surface area contributed by atoms with E-state index in [4.69, 9.17) is 5.73 Å². The largest absolute Gasteiger partial charge is 0.573 e. The average molecular weight is 406 g/mol. The first-order valence-electron chi connectivity index (χ1n) is 9.08. The minimum Gasteiger partial charge on any atom is -0.406 e. The minimum atomic E-state index is -4.71. The smallest absolute Gasteiger partial charge is 0.406 e. The van der Waals surface area contributed by atoms with Gasteiger partial charge in [0.1, 0.15) is 5.75 Å². The maximum Gasteiger partial charge on any atom is 0.573 e. The van der Waals surface area contributed by atoms with Gasteiger partial charge in [-0.05, 0) is 41.8 Å². The first-order chi connectivity index (χ1) is 13.8. The molecule has 1 heterocycles. The van der Waals surface area contributed by atoms with Crippen molar-refractivity contribution in [3.63, 3.8) is 0 Å². The van der Waals surface area contributed by atoms with Crippen LogP contribution in [0.25, 0.3) is 0 Å². The van der Waals surface area contributed by atoms with Gasteiger partial charge in [0.2, 0.25) is 5.91 Å². The molecule has 1 aliphatic heterocycles. The summed E-state index contributed by atoms with van der Waals surface area (Å²) in [5.74, 6) is 0.0834. The van der Waals surface area contributed by atoms with Gasteiger partial charge in [-0.2, -0.15) is 0 Å². The number of hydrogen-bond acceptors (Lipinski definition) is 3. The van der Waals surface area contributed by atoms with E-state index in [-0.39, 0.29) is 24.2 Å². The highest BCUT2D eigenvalue weighted by atomic mass is 19.4. The number of alkyl halides is 3. The van der Waals surface area contributed by atoms with Gasteiger partial charge in [0.05, 0.1) is 6.54 Å². The molecule has 1 fully saturated rings. The molecule has 2 aromatic rings. The van der Waals surface area contributed by atoms with Crippen LogP contribution in [-0.2, 0) is 17.9 Å². The van der Waals surface area contributed by atoms with Gasteiger partial charge >= 0.3 is 6.36 Å². The van der Waals surface area contributed by atoms with Crippen molar-refractivity contribution >= 4 is 17.6 Å². The van der Waals surface area contributed by atoms with Gasteiger partial charge in [0, 0.05) is 25.2 Å². The lowest BCUT2D eigenvalue weighted by Crippen LogP contribution is -2.31. The number of rotatable bonds is 6. The van der Waals surface area contributed by atoms with Gasteiger partial charge in [0.15, 0.2) is 5.96 Å². The Hall–Kier alpha value is -3.23. The van der Waals surface area contributed by atoms with Gasteiger partial charge in [0.25, 0.3) is 0 Å². The van der Waals surface area contributed by atoms with Crippen LogP contribution in [0.4, 0.5) is 18.9 Å². The van der Waals surface area contributed by atoms with Crippen molar-refractivity contribution in [2.75, 3.05) is 11.4 Å². The number of carbonyl (C=O) groups excluding carboxylic acids is 1. The third kappa shape index (κ3) is 6.13. The Balaban J connectivity index is 1.48. The van der Waals surface area contributed by atoms with Crippen LogP contribution in [0.2, 0.25) is 0 Å². The van der Waals surface area contributed by atoms with Crippen molar-refractivity contribution in [2.45, 2.75) is 32.3 Å². The predicted octanol–water partition coefficient (Wildman–Crippen LogP) is 3.32. The molecule has 0 atom stereocenters. The lowest BCUT2D eigenvalue weighted by Gasteiger charge is -2.16. The van der Waals surface area contributed by atoms with Gasteiger partial charge in [-0.1, -0.05) is 24.3 Å². The van der Waals surface area contributed by atoms with E-state index >= 15 is 0 Å². The molecule has 0 spiro atoms. The van der Waals surface area contributed by atoms with E-state index in [1.165, 1.54) is 24.3 Å². The van der Waals surface area contributed by atoms with Gasteiger partial charge < -0.3 is 20.7 Å². The fourth-order valence-electron chi connectivity index (χ4n) is 2.94. The molecule has 0 aliphatic carbocycles. The molecular formula is C20H21F3N4O2. The number of carbonyl (C=O) groups is 1. The maximum atomic E-state index is 12.2. The van der Waals surface area contributed by atoms with Crippen molar-refractivity contribution < 1.29 is 22.7 Å². The van der Waals surface area contributed by atoms with Crippen molar-refractivity contribution in [2.24, 2.45) is 10.7 Å². The average Bonchev–Trinajstić information content (AvgIpc) is 3.11. The zero-order valence-corrected chi connectivity index (χ0v) is 15.6. The fraction of sp³-hybridized carbons (Fsp3) is 0.300. The second-order valence-electron chi connectivity index (χ2n) is 6.56. The van der Waals surface area contributed by atoms with Crippen molar-refractivity contribution in [3.8, 4) is 5.75 Å². The SMILES string of the molecule is NC(=NCc1ccc(OC(F)(F)F)cc1)NCc1ccc(N2CCCC2=O)cc1. The van der Waals surface area contributed by atoms with Crippen molar-refractivity contribution in [3.05, 3.63) is 59.7 Å². The Morgan fingerprint density at radius 3 is 2.34 bits per heavy atom. The van der Waals surface area contributed by atoms with E-state index in [0.29, 0.717) is 18.5 Å². The van der Waals surface area contributed by atoms with E-state index in [2.05, 4.69) is 15.0 Å². The van der Waals surface area contributed by atoms with E-state index in [1.54, 1.807) is 4.90 Å².